The minimum atomic E-state index is 0.947. The summed E-state index contributed by atoms with van der Waals surface area (Å²) in [6.45, 7) is 3.46. The molecule has 2 heteroatoms. The summed E-state index contributed by atoms with van der Waals surface area (Å²) in [5.41, 5.74) is 4.29. The van der Waals surface area contributed by atoms with E-state index in [9.17, 15) is 0 Å². The lowest BCUT2D eigenvalue weighted by atomic mass is 10.1. The van der Waals surface area contributed by atoms with Crippen LogP contribution in [0.1, 0.15) is 36.8 Å². The van der Waals surface area contributed by atoms with Crippen LogP contribution in [0.5, 0.6) is 0 Å². The molecule has 2 nitrogen and oxygen atoms in total. The molecule has 1 heterocycles. The Morgan fingerprint density at radius 3 is 2.94 bits per heavy atom. The number of rotatable bonds is 4. The molecule has 0 spiro atoms. The van der Waals surface area contributed by atoms with Gasteiger partial charge in [-0.3, -0.25) is 0 Å². The normalized spacial score (nSPS) is 19.2. The average molecular weight is 244 g/mol. The van der Waals surface area contributed by atoms with Crippen LogP contribution in [0, 0.1) is 5.92 Å². The van der Waals surface area contributed by atoms with E-state index in [0.717, 1.165) is 19.0 Å². The molecule has 18 heavy (non-hydrogen) atoms. The Bertz CT molecular complexity index is 408. The minimum absolute atomic E-state index is 0.947. The van der Waals surface area contributed by atoms with E-state index >= 15 is 0 Å². The van der Waals surface area contributed by atoms with Crippen molar-refractivity contribution in [2.75, 3.05) is 25.5 Å². The molecule has 1 fully saturated rings. The Morgan fingerprint density at radius 2 is 2.11 bits per heavy atom. The van der Waals surface area contributed by atoms with Crippen LogP contribution in [0.2, 0.25) is 0 Å². The molecule has 98 valence electrons. The molecular formula is C16H24N2. The SMILES string of the molecule is CN(Cc1ccc2c(c1)NCC2)CC1CCCC1. The van der Waals surface area contributed by atoms with Gasteiger partial charge in [-0.1, -0.05) is 25.0 Å². The van der Waals surface area contributed by atoms with E-state index in [1.54, 1.807) is 0 Å². The number of nitrogens with zero attached hydrogens (tertiary/aromatic N) is 1. The molecule has 0 radical (unpaired) electrons. The quantitative estimate of drug-likeness (QED) is 0.874. The molecule has 1 aliphatic heterocycles. The van der Waals surface area contributed by atoms with Gasteiger partial charge in [-0.15, -0.1) is 0 Å². The Hall–Kier alpha value is -1.02. The first kappa shape index (κ1) is 12.0. The molecule has 0 amide bonds. The summed E-state index contributed by atoms with van der Waals surface area (Å²) in [7, 11) is 2.26. The maximum absolute atomic E-state index is 3.47. The number of nitrogens with one attached hydrogen (secondary N) is 1. The molecule has 0 saturated heterocycles. The fourth-order valence-electron chi connectivity index (χ4n) is 3.45. The molecule has 2 aliphatic rings. The summed E-state index contributed by atoms with van der Waals surface area (Å²) in [4.78, 5) is 2.49. The number of anilines is 1. The van der Waals surface area contributed by atoms with Gasteiger partial charge < -0.3 is 10.2 Å². The van der Waals surface area contributed by atoms with Gasteiger partial charge >= 0.3 is 0 Å². The van der Waals surface area contributed by atoms with Crippen LogP contribution < -0.4 is 5.32 Å². The molecular weight excluding hydrogens is 220 g/mol. The first-order chi connectivity index (χ1) is 8.81. The molecule has 1 aromatic rings. The lowest BCUT2D eigenvalue weighted by molar-refractivity contribution is 0.271. The van der Waals surface area contributed by atoms with Crippen molar-refractivity contribution in [1.82, 2.24) is 4.90 Å². The number of hydrogen-bond acceptors (Lipinski definition) is 2. The van der Waals surface area contributed by atoms with Crippen LogP contribution in [-0.2, 0) is 13.0 Å². The zero-order valence-corrected chi connectivity index (χ0v) is 11.4. The summed E-state index contributed by atoms with van der Waals surface area (Å²) in [5.74, 6) is 0.947. The van der Waals surface area contributed by atoms with E-state index in [1.807, 2.05) is 0 Å². The van der Waals surface area contributed by atoms with Crippen LogP contribution in [0.4, 0.5) is 5.69 Å². The predicted molar refractivity (Wildman–Crippen MR) is 76.9 cm³/mol. The van der Waals surface area contributed by atoms with Gasteiger partial charge in [-0.2, -0.15) is 0 Å². The van der Waals surface area contributed by atoms with Crippen LogP contribution >= 0.6 is 0 Å². The maximum atomic E-state index is 3.47. The average Bonchev–Trinajstić information content (AvgIpc) is 2.98. The summed E-state index contributed by atoms with van der Waals surface area (Å²) in [6, 6.07) is 6.94. The standard InChI is InChI=1S/C16H24N2/c1-18(11-13-4-2-3-5-13)12-14-6-7-15-8-9-17-16(15)10-14/h6-7,10,13,17H,2-5,8-9,11-12H2,1H3. The van der Waals surface area contributed by atoms with Crippen molar-refractivity contribution < 1.29 is 0 Å². The lowest BCUT2D eigenvalue weighted by Gasteiger charge is -2.21. The molecule has 0 atom stereocenters. The van der Waals surface area contributed by atoms with Crippen molar-refractivity contribution in [3.8, 4) is 0 Å². The van der Waals surface area contributed by atoms with E-state index in [1.165, 1.54) is 55.5 Å². The van der Waals surface area contributed by atoms with Crippen molar-refractivity contribution >= 4 is 5.69 Å². The van der Waals surface area contributed by atoms with Gasteiger partial charge in [0.25, 0.3) is 0 Å². The first-order valence-corrected chi connectivity index (χ1v) is 7.35. The van der Waals surface area contributed by atoms with Gasteiger partial charge in [0, 0.05) is 25.3 Å². The second-order valence-electron chi connectivity index (χ2n) is 6.02. The van der Waals surface area contributed by atoms with E-state index < -0.39 is 0 Å². The highest BCUT2D eigenvalue weighted by atomic mass is 15.1. The van der Waals surface area contributed by atoms with Crippen molar-refractivity contribution in [1.29, 1.82) is 0 Å². The zero-order valence-electron chi connectivity index (χ0n) is 11.4. The first-order valence-electron chi connectivity index (χ1n) is 7.35. The second kappa shape index (κ2) is 5.31. The van der Waals surface area contributed by atoms with Crippen molar-refractivity contribution in [3.05, 3.63) is 29.3 Å². The maximum Gasteiger partial charge on any atom is 0.0376 e. The predicted octanol–water partition coefficient (Wildman–Crippen LogP) is 3.28. The summed E-state index contributed by atoms with van der Waals surface area (Å²) in [6.07, 6.45) is 6.96. The topological polar surface area (TPSA) is 15.3 Å². The third-order valence-electron chi connectivity index (χ3n) is 4.38. The highest BCUT2D eigenvalue weighted by Gasteiger charge is 2.17. The monoisotopic (exact) mass is 244 g/mol. The smallest absolute Gasteiger partial charge is 0.0376 e. The van der Waals surface area contributed by atoms with Gasteiger partial charge in [0.15, 0.2) is 0 Å². The Morgan fingerprint density at radius 1 is 1.28 bits per heavy atom. The van der Waals surface area contributed by atoms with E-state index in [0.29, 0.717) is 0 Å². The van der Waals surface area contributed by atoms with E-state index in [4.69, 9.17) is 0 Å². The fourth-order valence-corrected chi connectivity index (χ4v) is 3.45. The van der Waals surface area contributed by atoms with Crippen LogP contribution in [0.15, 0.2) is 18.2 Å². The largest absolute Gasteiger partial charge is 0.384 e. The molecule has 0 bridgehead atoms. The number of fused-ring (bicyclic) bond motifs is 1. The fraction of sp³-hybridized carbons (Fsp3) is 0.625. The molecule has 1 saturated carbocycles. The van der Waals surface area contributed by atoms with Gasteiger partial charge in [0.1, 0.15) is 0 Å². The van der Waals surface area contributed by atoms with E-state index in [-0.39, 0.29) is 0 Å². The van der Waals surface area contributed by atoms with Crippen molar-refractivity contribution in [3.63, 3.8) is 0 Å². The second-order valence-corrected chi connectivity index (χ2v) is 6.02. The Kier molecular flexibility index (Phi) is 3.55. The summed E-state index contributed by atoms with van der Waals surface area (Å²) < 4.78 is 0. The Labute approximate surface area is 110 Å². The van der Waals surface area contributed by atoms with Gasteiger partial charge in [-0.25, -0.2) is 0 Å². The number of hydrogen-bond donors (Lipinski definition) is 1. The van der Waals surface area contributed by atoms with E-state index in [2.05, 4.69) is 35.5 Å². The molecule has 0 unspecified atom stereocenters. The molecule has 0 aromatic heterocycles. The van der Waals surface area contributed by atoms with Gasteiger partial charge in [-0.05, 0) is 49.4 Å². The summed E-state index contributed by atoms with van der Waals surface area (Å²) in [5, 5.41) is 3.47. The number of benzene rings is 1. The minimum Gasteiger partial charge on any atom is -0.384 e. The van der Waals surface area contributed by atoms with Crippen LogP contribution in [-0.4, -0.2) is 25.0 Å². The molecule has 3 rings (SSSR count). The third-order valence-corrected chi connectivity index (χ3v) is 4.38. The van der Waals surface area contributed by atoms with Gasteiger partial charge in [0.05, 0.1) is 0 Å². The highest BCUT2D eigenvalue weighted by Crippen LogP contribution is 2.27. The molecule has 1 N–H and O–H groups in total. The third kappa shape index (κ3) is 2.69. The molecule has 1 aromatic carbocycles. The highest BCUT2D eigenvalue weighted by molar-refractivity contribution is 5.56. The Balaban J connectivity index is 1.58. The lowest BCUT2D eigenvalue weighted by Crippen LogP contribution is -2.24. The zero-order chi connectivity index (χ0) is 12.4. The van der Waals surface area contributed by atoms with Crippen molar-refractivity contribution in [2.24, 2.45) is 5.92 Å². The van der Waals surface area contributed by atoms with Crippen molar-refractivity contribution in [2.45, 2.75) is 38.6 Å². The van der Waals surface area contributed by atoms with Crippen LogP contribution in [0.25, 0.3) is 0 Å². The van der Waals surface area contributed by atoms with Crippen LogP contribution in [0.3, 0.4) is 0 Å². The molecule has 1 aliphatic carbocycles. The van der Waals surface area contributed by atoms with Gasteiger partial charge in [0.2, 0.25) is 0 Å². The summed E-state index contributed by atoms with van der Waals surface area (Å²) >= 11 is 0.